The maximum atomic E-state index is 13.9. The lowest BCUT2D eigenvalue weighted by Crippen LogP contribution is -2.22. The van der Waals surface area contributed by atoms with Crippen LogP contribution in [0.2, 0.25) is 0 Å². The fourth-order valence-electron chi connectivity index (χ4n) is 4.36. The molecule has 6 rings (SSSR count). The SMILES string of the molecule is Cc1ccc(-n2c(C)nc3c(c2=O)c2nc4ccccc4nc2n3/N=C/c2cccc(C)c2)cc1. The molecule has 0 aliphatic heterocycles. The summed E-state index contributed by atoms with van der Waals surface area (Å²) in [4.78, 5) is 28.4. The molecule has 0 atom stereocenters. The summed E-state index contributed by atoms with van der Waals surface area (Å²) in [6, 6.07) is 23.5. The molecule has 7 heteroatoms. The fraction of sp³-hybridized carbons (Fsp3) is 0.107. The number of rotatable bonds is 3. The summed E-state index contributed by atoms with van der Waals surface area (Å²) in [5.74, 6) is 0.561. The van der Waals surface area contributed by atoms with E-state index in [1.165, 1.54) is 0 Å². The molecule has 0 fully saturated rings. The van der Waals surface area contributed by atoms with Gasteiger partial charge in [-0.05, 0) is 50.6 Å². The van der Waals surface area contributed by atoms with Crippen molar-refractivity contribution in [2.45, 2.75) is 20.8 Å². The van der Waals surface area contributed by atoms with Crippen LogP contribution in [-0.4, -0.2) is 30.4 Å². The van der Waals surface area contributed by atoms with Gasteiger partial charge < -0.3 is 0 Å². The van der Waals surface area contributed by atoms with Crippen molar-refractivity contribution in [2.75, 3.05) is 0 Å². The Morgan fingerprint density at radius 2 is 1.51 bits per heavy atom. The number of benzene rings is 3. The smallest absolute Gasteiger partial charge is 0.268 e. The van der Waals surface area contributed by atoms with Gasteiger partial charge >= 0.3 is 0 Å². The summed E-state index contributed by atoms with van der Waals surface area (Å²) in [6.07, 6.45) is 1.76. The van der Waals surface area contributed by atoms with Gasteiger partial charge in [0, 0.05) is 0 Å². The molecule has 170 valence electrons. The third kappa shape index (κ3) is 3.49. The Labute approximate surface area is 201 Å². The first-order chi connectivity index (χ1) is 17.0. The normalized spacial score (nSPS) is 11.9. The predicted octanol–water partition coefficient (Wildman–Crippen LogP) is 5.09. The molecule has 0 bridgehead atoms. The Balaban J connectivity index is 1.70. The van der Waals surface area contributed by atoms with Crippen LogP contribution >= 0.6 is 0 Å². The van der Waals surface area contributed by atoms with Crippen LogP contribution in [0.15, 0.2) is 82.7 Å². The molecule has 0 aliphatic rings. The first kappa shape index (κ1) is 20.9. The van der Waals surface area contributed by atoms with Gasteiger partial charge in [0.2, 0.25) is 0 Å². The summed E-state index contributed by atoms with van der Waals surface area (Å²) < 4.78 is 3.24. The topological polar surface area (TPSA) is 78.0 Å². The molecule has 3 heterocycles. The van der Waals surface area contributed by atoms with Crippen molar-refractivity contribution in [3.63, 3.8) is 0 Å². The number of fused-ring (bicyclic) bond motifs is 4. The van der Waals surface area contributed by atoms with Crippen molar-refractivity contribution in [3.05, 3.63) is 106 Å². The Kier molecular flexibility index (Phi) is 4.77. The quantitative estimate of drug-likeness (QED) is 0.346. The fourth-order valence-corrected chi connectivity index (χ4v) is 4.36. The third-order valence-corrected chi connectivity index (χ3v) is 6.08. The van der Waals surface area contributed by atoms with Crippen molar-refractivity contribution in [1.29, 1.82) is 0 Å². The van der Waals surface area contributed by atoms with E-state index in [2.05, 4.69) is 0 Å². The molecule has 0 spiro atoms. The molecule has 0 radical (unpaired) electrons. The van der Waals surface area contributed by atoms with Gasteiger partial charge in [-0.3, -0.25) is 9.36 Å². The Hall–Kier alpha value is -4.65. The van der Waals surface area contributed by atoms with Crippen molar-refractivity contribution in [1.82, 2.24) is 24.2 Å². The highest BCUT2D eigenvalue weighted by Crippen LogP contribution is 2.26. The summed E-state index contributed by atoms with van der Waals surface area (Å²) >= 11 is 0. The van der Waals surface area contributed by atoms with E-state index in [0.717, 1.165) is 27.9 Å². The molecule has 0 unspecified atom stereocenters. The van der Waals surface area contributed by atoms with Gasteiger partial charge in [-0.2, -0.15) is 9.78 Å². The molecule has 7 nitrogen and oxygen atoms in total. The highest BCUT2D eigenvalue weighted by Gasteiger charge is 2.21. The van der Waals surface area contributed by atoms with E-state index in [1.54, 1.807) is 15.5 Å². The van der Waals surface area contributed by atoms with Crippen LogP contribution in [-0.2, 0) is 0 Å². The average molecular weight is 459 g/mol. The van der Waals surface area contributed by atoms with Crippen LogP contribution in [0.25, 0.3) is 38.9 Å². The van der Waals surface area contributed by atoms with Crippen molar-refractivity contribution < 1.29 is 0 Å². The first-order valence-corrected chi connectivity index (χ1v) is 11.4. The van der Waals surface area contributed by atoms with Gasteiger partial charge in [-0.1, -0.05) is 59.7 Å². The first-order valence-electron chi connectivity index (χ1n) is 11.4. The second-order valence-corrected chi connectivity index (χ2v) is 8.69. The van der Waals surface area contributed by atoms with E-state index >= 15 is 0 Å². The van der Waals surface area contributed by atoms with Gasteiger partial charge in [0.05, 0.1) is 22.9 Å². The Morgan fingerprint density at radius 3 is 2.26 bits per heavy atom. The molecule has 35 heavy (non-hydrogen) atoms. The molecule has 0 N–H and O–H groups in total. The minimum atomic E-state index is -0.199. The molecular weight excluding hydrogens is 436 g/mol. The van der Waals surface area contributed by atoms with Crippen LogP contribution in [0.1, 0.15) is 22.5 Å². The minimum absolute atomic E-state index is 0.199. The number of hydrogen-bond acceptors (Lipinski definition) is 5. The summed E-state index contributed by atoms with van der Waals surface area (Å²) in [5.41, 5.74) is 6.61. The van der Waals surface area contributed by atoms with Gasteiger partial charge in [-0.25, -0.2) is 15.0 Å². The summed E-state index contributed by atoms with van der Waals surface area (Å²) in [6.45, 7) is 5.87. The Morgan fingerprint density at radius 1 is 0.771 bits per heavy atom. The van der Waals surface area contributed by atoms with E-state index in [-0.39, 0.29) is 5.56 Å². The number of para-hydroxylation sites is 2. The zero-order valence-corrected chi connectivity index (χ0v) is 19.6. The van der Waals surface area contributed by atoms with Crippen LogP contribution in [0.4, 0.5) is 0 Å². The summed E-state index contributed by atoms with van der Waals surface area (Å²) in [5, 5.41) is 5.11. The van der Waals surface area contributed by atoms with Crippen molar-refractivity contribution >= 4 is 39.4 Å². The third-order valence-electron chi connectivity index (χ3n) is 6.08. The van der Waals surface area contributed by atoms with Gasteiger partial charge in [0.15, 0.2) is 11.3 Å². The average Bonchev–Trinajstić information content (AvgIpc) is 3.14. The Bertz CT molecular complexity index is 1840. The second-order valence-electron chi connectivity index (χ2n) is 8.69. The molecule has 3 aromatic heterocycles. The standard InChI is InChI=1S/C28H22N6O/c1-17-11-13-21(14-12-17)33-19(3)30-26-24(28(33)35)25-27(32-23-10-5-4-9-22(23)31-25)34(26)29-16-20-8-6-7-18(2)15-20/h4-16H,1-3H3/b29-16+. The van der Waals surface area contributed by atoms with Gasteiger partial charge in [0.25, 0.3) is 5.56 Å². The monoisotopic (exact) mass is 458 g/mol. The minimum Gasteiger partial charge on any atom is -0.268 e. The molecule has 0 saturated carbocycles. The lowest BCUT2D eigenvalue weighted by molar-refractivity contribution is 0.865. The number of hydrogen-bond donors (Lipinski definition) is 0. The van der Waals surface area contributed by atoms with E-state index < -0.39 is 0 Å². The highest BCUT2D eigenvalue weighted by atomic mass is 16.1. The molecule has 0 saturated heterocycles. The van der Waals surface area contributed by atoms with Crippen molar-refractivity contribution in [2.24, 2.45) is 5.10 Å². The van der Waals surface area contributed by atoms with Gasteiger partial charge in [-0.15, -0.1) is 0 Å². The summed E-state index contributed by atoms with van der Waals surface area (Å²) in [7, 11) is 0. The van der Waals surface area contributed by atoms with E-state index in [0.29, 0.717) is 33.5 Å². The van der Waals surface area contributed by atoms with E-state index in [9.17, 15) is 4.79 Å². The number of aromatic nitrogens is 5. The molecule has 0 aliphatic carbocycles. The predicted molar refractivity (Wildman–Crippen MR) is 140 cm³/mol. The highest BCUT2D eigenvalue weighted by molar-refractivity contribution is 6.05. The largest absolute Gasteiger partial charge is 0.269 e. The lowest BCUT2D eigenvalue weighted by atomic mass is 10.2. The van der Waals surface area contributed by atoms with Crippen molar-refractivity contribution in [3.8, 4) is 5.69 Å². The van der Waals surface area contributed by atoms with Crippen LogP contribution in [0.3, 0.4) is 0 Å². The lowest BCUT2D eigenvalue weighted by Gasteiger charge is -2.10. The zero-order valence-electron chi connectivity index (χ0n) is 19.6. The maximum Gasteiger partial charge on any atom is 0.269 e. The molecule has 3 aromatic carbocycles. The zero-order chi connectivity index (χ0) is 24.1. The molecular formula is C28H22N6O. The number of aryl methyl sites for hydroxylation is 3. The molecule has 0 amide bonds. The van der Waals surface area contributed by atoms with Crippen LogP contribution in [0.5, 0.6) is 0 Å². The van der Waals surface area contributed by atoms with Gasteiger partial charge in [0.1, 0.15) is 16.7 Å². The molecule has 6 aromatic rings. The second kappa shape index (κ2) is 7.99. The maximum absolute atomic E-state index is 13.9. The van der Waals surface area contributed by atoms with E-state index in [4.69, 9.17) is 20.1 Å². The van der Waals surface area contributed by atoms with E-state index in [1.807, 2.05) is 93.6 Å². The number of nitrogens with zero attached hydrogens (tertiary/aromatic N) is 6. The van der Waals surface area contributed by atoms with Crippen LogP contribution in [0, 0.1) is 20.8 Å². The van der Waals surface area contributed by atoms with Crippen LogP contribution < -0.4 is 5.56 Å².